The molecule has 0 rings (SSSR count). The second-order valence-corrected chi connectivity index (χ2v) is 4.04. The smallest absolute Gasteiger partial charge is 0.219 e. The zero-order chi connectivity index (χ0) is 11.0. The molecule has 3 nitrogen and oxygen atoms in total. The zero-order valence-corrected chi connectivity index (χ0v) is 9.85. The summed E-state index contributed by atoms with van der Waals surface area (Å²) in [5.74, 6) is 0.139. The van der Waals surface area contributed by atoms with E-state index in [1.807, 2.05) is 27.7 Å². The lowest BCUT2D eigenvalue weighted by atomic mass is 10.1. The van der Waals surface area contributed by atoms with Crippen LogP contribution < -0.4 is 5.32 Å². The van der Waals surface area contributed by atoms with Gasteiger partial charge in [-0.3, -0.25) is 4.79 Å². The van der Waals surface area contributed by atoms with E-state index in [9.17, 15) is 4.79 Å². The van der Waals surface area contributed by atoms with Crippen LogP contribution in [0.4, 0.5) is 0 Å². The van der Waals surface area contributed by atoms with Gasteiger partial charge in [-0.25, -0.2) is 0 Å². The highest BCUT2D eigenvalue weighted by molar-refractivity contribution is 5.75. The summed E-state index contributed by atoms with van der Waals surface area (Å²) in [5.41, 5.74) is -0.131. The predicted octanol–water partition coefficient (Wildman–Crippen LogP) is 2.11. The van der Waals surface area contributed by atoms with Crippen molar-refractivity contribution in [1.29, 1.82) is 0 Å². The Morgan fingerprint density at radius 3 is 2.50 bits per heavy atom. The van der Waals surface area contributed by atoms with Gasteiger partial charge >= 0.3 is 0 Å². The number of hydrogen-bond donors (Lipinski definition) is 1. The fourth-order valence-corrected chi connectivity index (χ4v) is 1.28. The van der Waals surface area contributed by atoms with Gasteiger partial charge in [0, 0.05) is 19.6 Å². The van der Waals surface area contributed by atoms with Gasteiger partial charge in [0.2, 0.25) is 5.91 Å². The fourth-order valence-electron chi connectivity index (χ4n) is 1.28. The molecule has 3 heteroatoms. The van der Waals surface area contributed by atoms with Crippen molar-refractivity contribution in [3.05, 3.63) is 0 Å². The summed E-state index contributed by atoms with van der Waals surface area (Å²) >= 11 is 0. The first-order valence-electron chi connectivity index (χ1n) is 5.42. The van der Waals surface area contributed by atoms with Crippen LogP contribution in [0.25, 0.3) is 0 Å². The van der Waals surface area contributed by atoms with E-state index in [-0.39, 0.29) is 11.5 Å². The van der Waals surface area contributed by atoms with Gasteiger partial charge in [-0.2, -0.15) is 0 Å². The molecule has 0 aromatic rings. The van der Waals surface area contributed by atoms with Crippen LogP contribution in [-0.2, 0) is 9.53 Å². The lowest BCUT2D eigenvalue weighted by Crippen LogP contribution is -2.32. The molecular weight excluding hydrogens is 178 g/mol. The number of hydrogen-bond acceptors (Lipinski definition) is 2. The van der Waals surface area contributed by atoms with Gasteiger partial charge in [0.15, 0.2) is 0 Å². The first-order chi connectivity index (χ1) is 6.52. The average Bonchev–Trinajstić information content (AvgIpc) is 2.03. The molecule has 0 heterocycles. The summed E-state index contributed by atoms with van der Waals surface area (Å²) in [7, 11) is 0. The summed E-state index contributed by atoms with van der Waals surface area (Å²) in [4.78, 5) is 11.1. The van der Waals surface area contributed by atoms with Gasteiger partial charge in [0.05, 0.1) is 5.60 Å². The highest BCUT2D eigenvalue weighted by Gasteiger charge is 2.16. The van der Waals surface area contributed by atoms with Crippen LogP contribution in [0.5, 0.6) is 0 Å². The fraction of sp³-hybridized carbons (Fsp3) is 0.909. The van der Waals surface area contributed by atoms with Crippen molar-refractivity contribution in [3.8, 4) is 0 Å². The molecule has 14 heavy (non-hydrogen) atoms. The Morgan fingerprint density at radius 1 is 1.36 bits per heavy atom. The van der Waals surface area contributed by atoms with E-state index in [4.69, 9.17) is 4.74 Å². The highest BCUT2D eigenvalue weighted by Crippen LogP contribution is 2.12. The molecule has 0 spiro atoms. The second-order valence-electron chi connectivity index (χ2n) is 4.04. The lowest BCUT2D eigenvalue weighted by Gasteiger charge is -2.24. The largest absolute Gasteiger partial charge is 0.376 e. The number of ether oxygens (including phenoxy) is 1. The molecule has 0 saturated carbocycles. The van der Waals surface area contributed by atoms with Gasteiger partial charge < -0.3 is 10.1 Å². The molecule has 0 fully saturated rings. The summed E-state index contributed by atoms with van der Waals surface area (Å²) in [5, 5.41) is 2.88. The van der Waals surface area contributed by atoms with Crippen LogP contribution in [0.1, 0.15) is 47.0 Å². The lowest BCUT2D eigenvalue weighted by molar-refractivity contribution is -0.121. The van der Waals surface area contributed by atoms with Crippen LogP contribution >= 0.6 is 0 Å². The van der Waals surface area contributed by atoms with Gasteiger partial charge in [-0.05, 0) is 33.6 Å². The Bertz CT molecular complexity index is 167. The molecule has 0 bridgehead atoms. The Labute approximate surface area is 87.2 Å². The topological polar surface area (TPSA) is 38.3 Å². The molecule has 0 saturated heterocycles. The third-order valence-electron chi connectivity index (χ3n) is 2.06. The number of nitrogens with one attached hydrogen (secondary N) is 1. The Hall–Kier alpha value is -0.570. The normalized spacial score (nSPS) is 11.4. The van der Waals surface area contributed by atoms with E-state index in [1.165, 1.54) is 0 Å². The van der Waals surface area contributed by atoms with Crippen LogP contribution in [-0.4, -0.2) is 24.7 Å². The molecule has 0 radical (unpaired) electrons. The molecule has 1 N–H and O–H groups in total. The molecule has 0 aliphatic carbocycles. The van der Waals surface area contributed by atoms with Gasteiger partial charge in [-0.15, -0.1) is 0 Å². The molecule has 84 valence electrons. The van der Waals surface area contributed by atoms with Crippen molar-refractivity contribution in [2.45, 2.75) is 52.6 Å². The minimum absolute atomic E-state index is 0.131. The Balaban J connectivity index is 3.57. The first kappa shape index (κ1) is 13.4. The van der Waals surface area contributed by atoms with E-state index >= 15 is 0 Å². The predicted molar refractivity (Wildman–Crippen MR) is 58.2 cm³/mol. The maximum Gasteiger partial charge on any atom is 0.219 e. The van der Waals surface area contributed by atoms with Gasteiger partial charge in [0.1, 0.15) is 0 Å². The molecule has 0 aliphatic heterocycles. The molecular formula is C11H23NO2. The van der Waals surface area contributed by atoms with Crippen molar-refractivity contribution in [2.24, 2.45) is 0 Å². The van der Waals surface area contributed by atoms with Crippen LogP contribution in [0.3, 0.4) is 0 Å². The average molecular weight is 201 g/mol. The minimum atomic E-state index is -0.131. The third-order valence-corrected chi connectivity index (χ3v) is 2.06. The number of amides is 1. The molecule has 0 atom stereocenters. The maximum atomic E-state index is 11.1. The van der Waals surface area contributed by atoms with Crippen molar-refractivity contribution in [2.75, 3.05) is 13.2 Å². The van der Waals surface area contributed by atoms with Crippen LogP contribution in [0.2, 0.25) is 0 Å². The third kappa shape index (κ3) is 6.89. The Morgan fingerprint density at radius 2 is 2.00 bits per heavy atom. The number of rotatable bonds is 7. The van der Waals surface area contributed by atoms with Crippen LogP contribution in [0.15, 0.2) is 0 Å². The Kier molecular flexibility index (Phi) is 6.54. The monoisotopic (exact) mass is 201 g/mol. The summed E-state index contributed by atoms with van der Waals surface area (Å²) < 4.78 is 5.52. The van der Waals surface area contributed by atoms with E-state index in [0.717, 1.165) is 19.4 Å². The van der Waals surface area contributed by atoms with E-state index in [1.54, 1.807) is 0 Å². The van der Waals surface area contributed by atoms with Gasteiger partial charge in [0.25, 0.3) is 0 Å². The van der Waals surface area contributed by atoms with Crippen molar-refractivity contribution in [1.82, 2.24) is 5.32 Å². The van der Waals surface area contributed by atoms with E-state index in [2.05, 4.69) is 5.32 Å². The number of carbonyl (C=O) groups excluding carboxylic acids is 1. The van der Waals surface area contributed by atoms with Crippen molar-refractivity contribution in [3.63, 3.8) is 0 Å². The molecule has 0 aromatic heterocycles. The van der Waals surface area contributed by atoms with E-state index < -0.39 is 0 Å². The number of carbonyl (C=O) groups is 1. The summed E-state index contributed by atoms with van der Waals surface area (Å²) in [6, 6.07) is 0. The first-order valence-corrected chi connectivity index (χ1v) is 5.42. The molecule has 0 aliphatic rings. The minimum Gasteiger partial charge on any atom is -0.376 e. The summed E-state index contributed by atoms with van der Waals surface area (Å²) in [6.07, 6.45) is 2.38. The second kappa shape index (κ2) is 6.82. The SMILES string of the molecule is CCCC(=O)NCCC(C)(C)OCC. The van der Waals surface area contributed by atoms with E-state index in [0.29, 0.717) is 13.0 Å². The van der Waals surface area contributed by atoms with Crippen LogP contribution in [0, 0.1) is 0 Å². The van der Waals surface area contributed by atoms with Crippen molar-refractivity contribution >= 4 is 5.91 Å². The quantitative estimate of drug-likeness (QED) is 0.685. The molecule has 0 unspecified atom stereocenters. The molecule has 1 amide bonds. The van der Waals surface area contributed by atoms with Gasteiger partial charge in [-0.1, -0.05) is 6.92 Å². The summed E-state index contributed by atoms with van der Waals surface area (Å²) in [6.45, 7) is 9.49. The molecule has 0 aromatic carbocycles. The highest BCUT2D eigenvalue weighted by atomic mass is 16.5. The van der Waals surface area contributed by atoms with Crippen molar-refractivity contribution < 1.29 is 9.53 Å². The zero-order valence-electron chi connectivity index (χ0n) is 9.85. The standard InChI is InChI=1S/C11H23NO2/c1-5-7-10(13)12-9-8-11(3,4)14-6-2/h5-9H2,1-4H3,(H,12,13). The maximum absolute atomic E-state index is 11.1.